The molecule has 1 amide bonds. The van der Waals surface area contributed by atoms with Gasteiger partial charge in [-0.3, -0.25) is 4.79 Å². The average Bonchev–Trinajstić information content (AvgIpc) is 1.81. The Morgan fingerprint density at radius 3 is 1.73 bits per heavy atom. The maximum atomic E-state index is 10.7. The highest BCUT2D eigenvalue weighted by molar-refractivity contribution is 5.95. The standard InChI is InChI=1S/C8H14N2O/c1-5(2)4-7(6(3)9)8(10)11/h4H,9H2,1-3H3,(H2,10,11)/b7-6+. The van der Waals surface area contributed by atoms with Crippen LogP contribution >= 0.6 is 0 Å². The third-order valence-electron chi connectivity index (χ3n) is 1.12. The van der Waals surface area contributed by atoms with E-state index in [0.29, 0.717) is 11.3 Å². The molecule has 0 saturated heterocycles. The van der Waals surface area contributed by atoms with Crippen molar-refractivity contribution >= 4 is 5.91 Å². The number of primary amides is 1. The Balaban J connectivity index is 4.81. The number of hydrogen-bond donors (Lipinski definition) is 2. The minimum absolute atomic E-state index is 0.394. The highest BCUT2D eigenvalue weighted by Gasteiger charge is 2.02. The van der Waals surface area contributed by atoms with Gasteiger partial charge in [-0.05, 0) is 26.8 Å². The first-order valence-corrected chi connectivity index (χ1v) is 3.36. The van der Waals surface area contributed by atoms with E-state index in [1.165, 1.54) is 0 Å². The van der Waals surface area contributed by atoms with Crippen molar-refractivity contribution in [1.29, 1.82) is 0 Å². The second-order valence-corrected chi connectivity index (χ2v) is 2.68. The molecule has 0 atom stereocenters. The first-order chi connectivity index (χ1) is 4.95. The van der Waals surface area contributed by atoms with Gasteiger partial charge >= 0.3 is 0 Å². The molecule has 0 aliphatic heterocycles. The molecule has 62 valence electrons. The van der Waals surface area contributed by atoms with Crippen LogP contribution in [0.1, 0.15) is 20.8 Å². The summed E-state index contributed by atoms with van der Waals surface area (Å²) in [6, 6.07) is 0. The van der Waals surface area contributed by atoms with Gasteiger partial charge in [-0.25, -0.2) is 0 Å². The van der Waals surface area contributed by atoms with Crippen LogP contribution in [0.5, 0.6) is 0 Å². The van der Waals surface area contributed by atoms with Crippen LogP contribution in [-0.2, 0) is 4.79 Å². The van der Waals surface area contributed by atoms with Crippen molar-refractivity contribution < 1.29 is 4.79 Å². The number of allylic oxidation sites excluding steroid dienone is 2. The molecule has 3 heteroatoms. The number of carbonyl (C=O) groups is 1. The van der Waals surface area contributed by atoms with Crippen molar-refractivity contribution in [2.75, 3.05) is 0 Å². The van der Waals surface area contributed by atoms with Gasteiger partial charge in [0.1, 0.15) is 0 Å². The molecule has 0 unspecified atom stereocenters. The molecule has 3 nitrogen and oxygen atoms in total. The zero-order valence-corrected chi connectivity index (χ0v) is 7.14. The van der Waals surface area contributed by atoms with Crippen LogP contribution in [0.25, 0.3) is 0 Å². The van der Waals surface area contributed by atoms with Gasteiger partial charge in [0.05, 0.1) is 5.57 Å². The van der Waals surface area contributed by atoms with E-state index in [0.717, 1.165) is 5.57 Å². The molecule has 0 rings (SSSR count). The summed E-state index contributed by atoms with van der Waals surface area (Å²) >= 11 is 0. The van der Waals surface area contributed by atoms with E-state index in [4.69, 9.17) is 11.5 Å². The monoisotopic (exact) mass is 154 g/mol. The lowest BCUT2D eigenvalue weighted by Crippen LogP contribution is -2.16. The van der Waals surface area contributed by atoms with E-state index in [-0.39, 0.29) is 0 Å². The number of amides is 1. The van der Waals surface area contributed by atoms with Gasteiger partial charge in [-0.15, -0.1) is 0 Å². The lowest BCUT2D eigenvalue weighted by Gasteiger charge is -1.99. The number of rotatable bonds is 2. The Kier molecular flexibility index (Phi) is 3.37. The SMILES string of the molecule is CC(C)=C/C(C(N)=O)=C(/C)N. The highest BCUT2D eigenvalue weighted by Crippen LogP contribution is 2.03. The molecule has 0 aliphatic carbocycles. The first kappa shape index (κ1) is 9.75. The van der Waals surface area contributed by atoms with Crippen LogP contribution in [0.4, 0.5) is 0 Å². The Hall–Kier alpha value is -1.25. The Labute approximate surface area is 66.8 Å². The van der Waals surface area contributed by atoms with Gasteiger partial charge in [0.2, 0.25) is 5.91 Å². The smallest absolute Gasteiger partial charge is 0.250 e. The summed E-state index contributed by atoms with van der Waals surface area (Å²) in [4.78, 5) is 10.7. The third-order valence-corrected chi connectivity index (χ3v) is 1.12. The van der Waals surface area contributed by atoms with E-state index >= 15 is 0 Å². The molecule has 0 bridgehead atoms. The molecule has 0 radical (unpaired) electrons. The summed E-state index contributed by atoms with van der Waals surface area (Å²) < 4.78 is 0. The van der Waals surface area contributed by atoms with Crippen molar-refractivity contribution in [1.82, 2.24) is 0 Å². The summed E-state index contributed by atoms with van der Waals surface area (Å²) in [5.41, 5.74) is 12.3. The first-order valence-electron chi connectivity index (χ1n) is 3.36. The summed E-state index contributed by atoms with van der Waals surface area (Å²) in [5, 5.41) is 0. The van der Waals surface area contributed by atoms with E-state index < -0.39 is 5.91 Å². The minimum Gasteiger partial charge on any atom is -0.402 e. The van der Waals surface area contributed by atoms with Gasteiger partial charge in [0.15, 0.2) is 0 Å². The summed E-state index contributed by atoms with van der Waals surface area (Å²) in [6.07, 6.45) is 1.68. The maximum absolute atomic E-state index is 10.7. The second-order valence-electron chi connectivity index (χ2n) is 2.68. The van der Waals surface area contributed by atoms with Crippen molar-refractivity contribution in [3.8, 4) is 0 Å². The number of carbonyl (C=O) groups excluding carboxylic acids is 1. The van der Waals surface area contributed by atoms with Crippen LogP contribution in [0.2, 0.25) is 0 Å². The lowest BCUT2D eigenvalue weighted by molar-refractivity contribution is -0.114. The lowest BCUT2D eigenvalue weighted by atomic mass is 10.1. The topological polar surface area (TPSA) is 69.1 Å². The Morgan fingerprint density at radius 1 is 1.18 bits per heavy atom. The molecule has 0 spiro atoms. The maximum Gasteiger partial charge on any atom is 0.250 e. The van der Waals surface area contributed by atoms with Crippen molar-refractivity contribution in [3.05, 3.63) is 22.9 Å². The van der Waals surface area contributed by atoms with Crippen LogP contribution in [-0.4, -0.2) is 5.91 Å². The van der Waals surface area contributed by atoms with Gasteiger partial charge in [-0.1, -0.05) is 5.57 Å². The largest absolute Gasteiger partial charge is 0.402 e. The van der Waals surface area contributed by atoms with Crippen LogP contribution in [0, 0.1) is 0 Å². The molecule has 0 fully saturated rings. The molecule has 0 aliphatic rings. The van der Waals surface area contributed by atoms with Crippen molar-refractivity contribution in [2.45, 2.75) is 20.8 Å². The molecule has 0 aromatic carbocycles. The normalized spacial score (nSPS) is 11.9. The van der Waals surface area contributed by atoms with E-state index in [1.54, 1.807) is 13.0 Å². The fourth-order valence-corrected chi connectivity index (χ4v) is 0.668. The molecular weight excluding hydrogens is 140 g/mol. The fourth-order valence-electron chi connectivity index (χ4n) is 0.668. The van der Waals surface area contributed by atoms with Gasteiger partial charge in [-0.2, -0.15) is 0 Å². The van der Waals surface area contributed by atoms with E-state index in [2.05, 4.69) is 0 Å². The average molecular weight is 154 g/mol. The van der Waals surface area contributed by atoms with Crippen molar-refractivity contribution in [3.63, 3.8) is 0 Å². The van der Waals surface area contributed by atoms with Crippen LogP contribution in [0.3, 0.4) is 0 Å². The molecule has 4 N–H and O–H groups in total. The highest BCUT2D eigenvalue weighted by atomic mass is 16.1. The predicted octanol–water partition coefficient (Wildman–Crippen LogP) is 0.671. The zero-order valence-electron chi connectivity index (χ0n) is 7.14. The van der Waals surface area contributed by atoms with Gasteiger partial charge < -0.3 is 11.5 Å². The molecule has 0 saturated carbocycles. The quantitative estimate of drug-likeness (QED) is 0.453. The number of hydrogen-bond acceptors (Lipinski definition) is 2. The van der Waals surface area contributed by atoms with Gasteiger partial charge in [0, 0.05) is 5.70 Å². The number of nitrogens with two attached hydrogens (primary N) is 2. The van der Waals surface area contributed by atoms with Crippen LogP contribution < -0.4 is 11.5 Å². The third kappa shape index (κ3) is 3.45. The van der Waals surface area contributed by atoms with Gasteiger partial charge in [0.25, 0.3) is 0 Å². The van der Waals surface area contributed by atoms with E-state index in [9.17, 15) is 4.79 Å². The summed E-state index contributed by atoms with van der Waals surface area (Å²) in [7, 11) is 0. The predicted molar refractivity (Wildman–Crippen MR) is 45.5 cm³/mol. The Morgan fingerprint density at radius 2 is 1.64 bits per heavy atom. The molecule has 0 aromatic heterocycles. The second kappa shape index (κ2) is 3.81. The van der Waals surface area contributed by atoms with E-state index in [1.807, 2.05) is 13.8 Å². The van der Waals surface area contributed by atoms with Crippen molar-refractivity contribution in [2.24, 2.45) is 11.5 Å². The Bertz CT molecular complexity index is 218. The summed E-state index contributed by atoms with van der Waals surface area (Å²) in [6.45, 7) is 5.41. The molecule has 0 aromatic rings. The zero-order chi connectivity index (χ0) is 9.02. The molecule has 0 heterocycles. The minimum atomic E-state index is -0.480. The van der Waals surface area contributed by atoms with Crippen LogP contribution in [0.15, 0.2) is 22.9 Å². The molecular formula is C8H14N2O. The summed E-state index contributed by atoms with van der Waals surface area (Å²) in [5.74, 6) is -0.480. The molecule has 11 heavy (non-hydrogen) atoms. The fraction of sp³-hybridized carbons (Fsp3) is 0.375.